The third-order valence-corrected chi connectivity index (χ3v) is 4.40. The third-order valence-electron chi connectivity index (χ3n) is 3.25. The van der Waals surface area contributed by atoms with E-state index in [2.05, 4.69) is 15.3 Å². The predicted octanol–water partition coefficient (Wildman–Crippen LogP) is 4.40. The predicted molar refractivity (Wildman–Crippen MR) is 96.9 cm³/mol. The SMILES string of the molecule is O=[N+]([O-])c1ccc(Cl)nc1NCCSc1ccc2ccccc2n1. The number of hydrogen-bond donors (Lipinski definition) is 1. The molecule has 1 N–H and O–H groups in total. The van der Waals surface area contributed by atoms with Gasteiger partial charge in [-0.25, -0.2) is 9.97 Å². The van der Waals surface area contributed by atoms with Crippen molar-refractivity contribution >= 4 is 45.8 Å². The fourth-order valence-electron chi connectivity index (χ4n) is 2.16. The maximum Gasteiger partial charge on any atom is 0.311 e. The fraction of sp³-hybridized carbons (Fsp3) is 0.125. The lowest BCUT2D eigenvalue weighted by Gasteiger charge is -2.06. The van der Waals surface area contributed by atoms with Crippen LogP contribution in [0.5, 0.6) is 0 Å². The van der Waals surface area contributed by atoms with Crippen LogP contribution in [0.1, 0.15) is 0 Å². The highest BCUT2D eigenvalue weighted by Gasteiger charge is 2.15. The van der Waals surface area contributed by atoms with Gasteiger partial charge in [-0.2, -0.15) is 0 Å². The molecule has 0 aliphatic heterocycles. The van der Waals surface area contributed by atoms with E-state index in [1.807, 2.05) is 36.4 Å². The molecule has 2 heterocycles. The Morgan fingerprint density at radius 2 is 1.96 bits per heavy atom. The smallest absolute Gasteiger partial charge is 0.311 e. The molecular formula is C16H13ClN4O2S. The molecule has 1 aromatic carbocycles. The lowest BCUT2D eigenvalue weighted by atomic mass is 10.2. The molecule has 24 heavy (non-hydrogen) atoms. The van der Waals surface area contributed by atoms with E-state index in [0.717, 1.165) is 15.9 Å². The molecule has 6 nitrogen and oxygen atoms in total. The van der Waals surface area contributed by atoms with Gasteiger partial charge in [0, 0.05) is 23.8 Å². The lowest BCUT2D eigenvalue weighted by molar-refractivity contribution is -0.384. The van der Waals surface area contributed by atoms with E-state index in [1.54, 1.807) is 11.8 Å². The summed E-state index contributed by atoms with van der Waals surface area (Å²) in [6.07, 6.45) is 0. The lowest BCUT2D eigenvalue weighted by Crippen LogP contribution is -2.08. The number of nitro groups is 1. The van der Waals surface area contributed by atoms with Crippen molar-refractivity contribution in [2.45, 2.75) is 5.03 Å². The summed E-state index contributed by atoms with van der Waals surface area (Å²) in [5, 5.41) is 16.2. The van der Waals surface area contributed by atoms with Crippen molar-refractivity contribution in [2.24, 2.45) is 0 Å². The molecule has 0 aliphatic carbocycles. The van der Waals surface area contributed by atoms with Crippen LogP contribution in [0.2, 0.25) is 5.15 Å². The topological polar surface area (TPSA) is 81.0 Å². The normalized spacial score (nSPS) is 10.7. The van der Waals surface area contributed by atoms with Crippen LogP contribution >= 0.6 is 23.4 Å². The Morgan fingerprint density at radius 1 is 1.12 bits per heavy atom. The van der Waals surface area contributed by atoms with Crippen molar-refractivity contribution in [3.05, 3.63) is 63.8 Å². The van der Waals surface area contributed by atoms with Crippen LogP contribution in [0.25, 0.3) is 10.9 Å². The summed E-state index contributed by atoms with van der Waals surface area (Å²) in [4.78, 5) is 19.0. The number of nitrogens with one attached hydrogen (secondary N) is 1. The van der Waals surface area contributed by atoms with Crippen LogP contribution in [-0.4, -0.2) is 27.2 Å². The molecule has 3 rings (SSSR count). The van der Waals surface area contributed by atoms with Gasteiger partial charge in [0.15, 0.2) is 0 Å². The molecule has 0 saturated carbocycles. The second-order valence-corrected chi connectivity index (χ2v) is 6.38. The summed E-state index contributed by atoms with van der Waals surface area (Å²) in [5.41, 5.74) is 0.857. The van der Waals surface area contributed by atoms with Gasteiger partial charge in [0.1, 0.15) is 5.15 Å². The molecule has 122 valence electrons. The van der Waals surface area contributed by atoms with Gasteiger partial charge in [-0.15, -0.1) is 11.8 Å². The number of aromatic nitrogens is 2. The number of halogens is 1. The first-order chi connectivity index (χ1) is 11.6. The highest BCUT2D eigenvalue weighted by molar-refractivity contribution is 7.99. The number of hydrogen-bond acceptors (Lipinski definition) is 6. The van der Waals surface area contributed by atoms with Crippen LogP contribution in [-0.2, 0) is 0 Å². The Morgan fingerprint density at radius 3 is 2.79 bits per heavy atom. The summed E-state index contributed by atoms with van der Waals surface area (Å²) in [7, 11) is 0. The molecule has 0 fully saturated rings. The van der Waals surface area contributed by atoms with Crippen LogP contribution in [0.15, 0.2) is 53.6 Å². The number of thioether (sulfide) groups is 1. The minimum atomic E-state index is -0.482. The van der Waals surface area contributed by atoms with Crippen LogP contribution in [0.4, 0.5) is 11.5 Å². The largest absolute Gasteiger partial charge is 0.363 e. The molecular weight excluding hydrogens is 348 g/mol. The van der Waals surface area contributed by atoms with Gasteiger partial charge in [-0.05, 0) is 18.2 Å². The first-order valence-electron chi connectivity index (χ1n) is 7.17. The Hall–Kier alpha value is -2.38. The van der Waals surface area contributed by atoms with Crippen molar-refractivity contribution in [2.75, 3.05) is 17.6 Å². The average molecular weight is 361 g/mol. The Labute approximate surface area is 147 Å². The molecule has 0 spiro atoms. The zero-order valence-electron chi connectivity index (χ0n) is 12.5. The minimum absolute atomic E-state index is 0.0896. The first-order valence-corrected chi connectivity index (χ1v) is 8.53. The molecule has 0 amide bonds. The van der Waals surface area contributed by atoms with Gasteiger partial charge in [-0.1, -0.05) is 35.9 Å². The summed E-state index contributed by atoms with van der Waals surface area (Å²) in [6, 6.07) is 14.7. The molecule has 0 radical (unpaired) electrons. The van der Waals surface area contributed by atoms with Gasteiger partial charge >= 0.3 is 5.69 Å². The summed E-state index contributed by atoms with van der Waals surface area (Å²) in [5.74, 6) is 0.871. The zero-order valence-corrected chi connectivity index (χ0v) is 14.0. The van der Waals surface area contributed by atoms with E-state index in [1.165, 1.54) is 12.1 Å². The third kappa shape index (κ3) is 3.93. The van der Waals surface area contributed by atoms with E-state index in [0.29, 0.717) is 12.3 Å². The number of pyridine rings is 2. The van der Waals surface area contributed by atoms with Crippen molar-refractivity contribution in [3.8, 4) is 0 Å². The average Bonchev–Trinajstić information content (AvgIpc) is 2.58. The molecule has 0 saturated heterocycles. The minimum Gasteiger partial charge on any atom is -0.363 e. The van der Waals surface area contributed by atoms with Crippen molar-refractivity contribution in [1.29, 1.82) is 0 Å². The summed E-state index contributed by atoms with van der Waals surface area (Å²) in [6.45, 7) is 0.507. The van der Waals surface area contributed by atoms with Gasteiger partial charge in [-0.3, -0.25) is 10.1 Å². The Kier molecular flexibility index (Phi) is 5.12. The molecule has 0 bridgehead atoms. The number of para-hydroxylation sites is 1. The Balaban J connectivity index is 1.60. The second kappa shape index (κ2) is 7.46. The van der Waals surface area contributed by atoms with Crippen LogP contribution in [0, 0.1) is 10.1 Å². The monoisotopic (exact) mass is 360 g/mol. The van der Waals surface area contributed by atoms with E-state index in [4.69, 9.17) is 11.6 Å². The first kappa shape index (κ1) is 16.5. The molecule has 0 unspecified atom stereocenters. The van der Waals surface area contributed by atoms with E-state index >= 15 is 0 Å². The van der Waals surface area contributed by atoms with Gasteiger partial charge in [0.2, 0.25) is 5.82 Å². The number of benzene rings is 1. The molecule has 2 aromatic heterocycles. The molecule has 0 atom stereocenters. The highest BCUT2D eigenvalue weighted by atomic mass is 35.5. The van der Waals surface area contributed by atoms with Gasteiger partial charge in [0.05, 0.1) is 15.5 Å². The van der Waals surface area contributed by atoms with Crippen LogP contribution < -0.4 is 5.32 Å². The fourth-order valence-corrected chi connectivity index (χ4v) is 3.05. The Bertz CT molecular complexity index is 891. The number of fused-ring (bicyclic) bond motifs is 1. The van der Waals surface area contributed by atoms with E-state index in [-0.39, 0.29) is 16.7 Å². The summed E-state index contributed by atoms with van der Waals surface area (Å²) < 4.78 is 0. The molecule has 8 heteroatoms. The number of rotatable bonds is 6. The quantitative estimate of drug-likeness (QED) is 0.231. The molecule has 0 aliphatic rings. The maximum absolute atomic E-state index is 11.0. The zero-order chi connectivity index (χ0) is 16.9. The van der Waals surface area contributed by atoms with Crippen molar-refractivity contribution in [3.63, 3.8) is 0 Å². The van der Waals surface area contributed by atoms with Gasteiger partial charge in [0.25, 0.3) is 0 Å². The van der Waals surface area contributed by atoms with E-state index in [9.17, 15) is 10.1 Å². The summed E-state index contributed by atoms with van der Waals surface area (Å²) >= 11 is 7.37. The number of anilines is 1. The van der Waals surface area contributed by atoms with E-state index < -0.39 is 4.92 Å². The van der Waals surface area contributed by atoms with Crippen LogP contribution in [0.3, 0.4) is 0 Å². The van der Waals surface area contributed by atoms with Crippen molar-refractivity contribution < 1.29 is 4.92 Å². The maximum atomic E-state index is 11.0. The van der Waals surface area contributed by atoms with Crippen molar-refractivity contribution in [1.82, 2.24) is 9.97 Å². The highest BCUT2D eigenvalue weighted by Crippen LogP contribution is 2.24. The second-order valence-electron chi connectivity index (χ2n) is 4.88. The standard InChI is InChI=1S/C16H13ClN4O2S/c17-14-7-6-13(21(22)23)16(20-14)18-9-10-24-15-8-5-11-3-1-2-4-12(11)19-15/h1-8H,9-10H2,(H,18,20). The number of nitrogens with zero attached hydrogens (tertiary/aromatic N) is 3. The van der Waals surface area contributed by atoms with Gasteiger partial charge < -0.3 is 5.32 Å². The molecule has 3 aromatic rings.